The van der Waals surface area contributed by atoms with Gasteiger partial charge in [0, 0.05) is 25.0 Å². The van der Waals surface area contributed by atoms with E-state index in [1.165, 1.54) is 28.5 Å². The van der Waals surface area contributed by atoms with Crippen molar-refractivity contribution >= 4 is 33.3 Å². The molecule has 2 heterocycles. The summed E-state index contributed by atoms with van der Waals surface area (Å²) in [6.45, 7) is 2.11. The second-order valence-corrected chi connectivity index (χ2v) is 8.19. The number of hydrogen-bond donors (Lipinski definition) is 1. The second kappa shape index (κ2) is 8.31. The Morgan fingerprint density at radius 3 is 2.52 bits per heavy atom. The molecule has 0 fully saturated rings. The van der Waals surface area contributed by atoms with Crippen LogP contribution < -0.4 is 16.6 Å². The maximum Gasteiger partial charge on any atom is 0.330 e. The van der Waals surface area contributed by atoms with Crippen LogP contribution in [0.25, 0.3) is 22.2 Å². The molecule has 0 aliphatic heterocycles. The van der Waals surface area contributed by atoms with Crippen molar-refractivity contribution in [2.24, 2.45) is 14.1 Å². The minimum absolute atomic E-state index is 0.00486. The number of aryl methyl sites for hydroxylation is 2. The number of benzene rings is 2. The first-order chi connectivity index (χ1) is 14.9. The van der Waals surface area contributed by atoms with E-state index in [0.717, 1.165) is 22.2 Å². The summed E-state index contributed by atoms with van der Waals surface area (Å²) in [5, 5.41) is 5.60. The molecule has 0 saturated carbocycles. The molecule has 1 amide bonds. The molecule has 2 aromatic carbocycles. The predicted molar refractivity (Wildman–Crippen MR) is 124 cm³/mol. The van der Waals surface area contributed by atoms with E-state index in [1.807, 2.05) is 17.5 Å². The summed E-state index contributed by atoms with van der Waals surface area (Å²) >= 11 is 1.35. The van der Waals surface area contributed by atoms with E-state index in [2.05, 4.69) is 29.4 Å². The average Bonchev–Trinajstić information content (AvgIpc) is 3.24. The van der Waals surface area contributed by atoms with Crippen molar-refractivity contribution in [1.82, 2.24) is 14.1 Å². The van der Waals surface area contributed by atoms with E-state index in [1.54, 1.807) is 25.2 Å². The van der Waals surface area contributed by atoms with Gasteiger partial charge < -0.3 is 5.32 Å². The normalized spacial score (nSPS) is 11.1. The number of anilines is 1. The standard InChI is InChI=1S/C23H22N4O3S/c1-4-14-8-10-15(11-9-14)17-13-31-22(24-17)25-19(28)12-16-6-5-7-18-20(16)21(29)27(3)23(30)26(18)2/h5-11,13H,4,12H2,1-3H3,(H,24,25,28). The van der Waals surface area contributed by atoms with Gasteiger partial charge in [0.25, 0.3) is 5.56 Å². The number of hydrogen-bond acceptors (Lipinski definition) is 5. The lowest BCUT2D eigenvalue weighted by molar-refractivity contribution is -0.115. The topological polar surface area (TPSA) is 86.0 Å². The maximum atomic E-state index is 12.7. The summed E-state index contributed by atoms with van der Waals surface area (Å²) in [6, 6.07) is 13.4. The summed E-state index contributed by atoms with van der Waals surface area (Å²) in [7, 11) is 3.04. The molecule has 0 atom stereocenters. The molecule has 1 N–H and O–H groups in total. The molecule has 0 spiro atoms. The van der Waals surface area contributed by atoms with E-state index in [4.69, 9.17) is 0 Å². The highest BCUT2D eigenvalue weighted by Crippen LogP contribution is 2.25. The van der Waals surface area contributed by atoms with Crippen molar-refractivity contribution in [3.8, 4) is 11.3 Å². The first-order valence-corrected chi connectivity index (χ1v) is 10.8. The third-order valence-electron chi connectivity index (χ3n) is 5.34. The molecule has 2 aromatic heterocycles. The van der Waals surface area contributed by atoms with Gasteiger partial charge in [-0.15, -0.1) is 11.3 Å². The van der Waals surface area contributed by atoms with E-state index in [9.17, 15) is 14.4 Å². The molecule has 158 valence electrons. The Bertz CT molecular complexity index is 1400. The summed E-state index contributed by atoms with van der Waals surface area (Å²) in [4.78, 5) is 42.0. The number of nitrogens with zero attached hydrogens (tertiary/aromatic N) is 3. The zero-order chi connectivity index (χ0) is 22.1. The van der Waals surface area contributed by atoms with E-state index in [-0.39, 0.29) is 12.3 Å². The van der Waals surface area contributed by atoms with E-state index in [0.29, 0.717) is 21.6 Å². The zero-order valence-corrected chi connectivity index (χ0v) is 18.3. The zero-order valence-electron chi connectivity index (χ0n) is 17.5. The highest BCUT2D eigenvalue weighted by molar-refractivity contribution is 7.14. The van der Waals surface area contributed by atoms with Gasteiger partial charge in [0.05, 0.1) is 23.0 Å². The van der Waals surface area contributed by atoms with Crippen molar-refractivity contribution in [2.75, 3.05) is 5.32 Å². The van der Waals surface area contributed by atoms with Crippen LogP contribution in [0, 0.1) is 0 Å². The number of aromatic nitrogens is 3. The first-order valence-electron chi connectivity index (χ1n) is 9.91. The summed E-state index contributed by atoms with van der Waals surface area (Å²) < 4.78 is 2.47. The van der Waals surface area contributed by atoms with Gasteiger partial charge in [-0.2, -0.15) is 0 Å². The van der Waals surface area contributed by atoms with Gasteiger partial charge in [0.15, 0.2) is 5.13 Å². The number of carbonyl (C=O) groups excluding carboxylic acids is 1. The van der Waals surface area contributed by atoms with Crippen molar-refractivity contribution in [3.05, 3.63) is 79.8 Å². The number of fused-ring (bicyclic) bond motifs is 1. The van der Waals surface area contributed by atoms with Gasteiger partial charge in [-0.1, -0.05) is 43.3 Å². The quantitative estimate of drug-likeness (QED) is 0.523. The lowest BCUT2D eigenvalue weighted by atomic mass is 10.1. The van der Waals surface area contributed by atoms with Crippen molar-refractivity contribution < 1.29 is 4.79 Å². The Hall–Kier alpha value is -3.52. The SMILES string of the molecule is CCc1ccc(-c2csc(NC(=O)Cc3cccc4c3c(=O)n(C)c(=O)n4C)n2)cc1. The molecule has 0 aliphatic rings. The number of carbonyl (C=O) groups is 1. The molecule has 7 nitrogen and oxygen atoms in total. The van der Waals surface area contributed by atoms with Crippen LogP contribution in [-0.2, 0) is 31.7 Å². The summed E-state index contributed by atoms with van der Waals surface area (Å²) in [5.41, 5.74) is 3.31. The minimum atomic E-state index is -0.409. The van der Waals surface area contributed by atoms with Crippen LogP contribution in [0.4, 0.5) is 5.13 Å². The fourth-order valence-corrected chi connectivity index (χ4v) is 4.29. The Morgan fingerprint density at radius 1 is 1.06 bits per heavy atom. The van der Waals surface area contributed by atoms with Gasteiger partial charge in [0.2, 0.25) is 5.91 Å². The molecule has 8 heteroatoms. The monoisotopic (exact) mass is 434 g/mol. The van der Waals surface area contributed by atoms with Crippen molar-refractivity contribution in [3.63, 3.8) is 0 Å². The lowest BCUT2D eigenvalue weighted by Crippen LogP contribution is -2.37. The van der Waals surface area contributed by atoms with E-state index < -0.39 is 11.2 Å². The van der Waals surface area contributed by atoms with Crippen LogP contribution in [0.5, 0.6) is 0 Å². The number of rotatable bonds is 5. The first kappa shape index (κ1) is 20.7. The average molecular weight is 435 g/mol. The van der Waals surface area contributed by atoms with Crippen LogP contribution >= 0.6 is 11.3 Å². The van der Waals surface area contributed by atoms with Gasteiger partial charge in [0.1, 0.15) is 0 Å². The molecule has 4 rings (SSSR count). The Kier molecular flexibility index (Phi) is 5.56. The smallest absolute Gasteiger partial charge is 0.302 e. The molecule has 4 aromatic rings. The van der Waals surface area contributed by atoms with Crippen molar-refractivity contribution in [2.45, 2.75) is 19.8 Å². The Labute approximate surface area is 182 Å². The van der Waals surface area contributed by atoms with Crippen LogP contribution in [0.3, 0.4) is 0 Å². The minimum Gasteiger partial charge on any atom is -0.302 e. The summed E-state index contributed by atoms with van der Waals surface area (Å²) in [5.74, 6) is -0.273. The van der Waals surface area contributed by atoms with Gasteiger partial charge in [-0.3, -0.25) is 18.7 Å². The highest BCUT2D eigenvalue weighted by atomic mass is 32.1. The van der Waals surface area contributed by atoms with Crippen LogP contribution in [0.15, 0.2) is 57.4 Å². The van der Waals surface area contributed by atoms with Crippen LogP contribution in [0.1, 0.15) is 18.1 Å². The maximum absolute atomic E-state index is 12.7. The number of amides is 1. The van der Waals surface area contributed by atoms with Gasteiger partial charge in [-0.05, 0) is 23.6 Å². The molecule has 0 bridgehead atoms. The fraction of sp³-hybridized carbons (Fsp3) is 0.217. The van der Waals surface area contributed by atoms with Crippen LogP contribution in [0.2, 0.25) is 0 Å². The Balaban J connectivity index is 1.57. The molecular weight excluding hydrogens is 412 g/mol. The lowest BCUT2D eigenvalue weighted by Gasteiger charge is -2.10. The highest BCUT2D eigenvalue weighted by Gasteiger charge is 2.15. The summed E-state index contributed by atoms with van der Waals surface area (Å²) in [6.07, 6.45) is 0.981. The Morgan fingerprint density at radius 2 is 1.81 bits per heavy atom. The van der Waals surface area contributed by atoms with E-state index >= 15 is 0 Å². The number of nitrogens with one attached hydrogen (secondary N) is 1. The predicted octanol–water partition coefficient (Wildman–Crippen LogP) is 3.10. The third-order valence-corrected chi connectivity index (χ3v) is 6.10. The van der Waals surface area contributed by atoms with Gasteiger partial charge >= 0.3 is 5.69 Å². The molecule has 31 heavy (non-hydrogen) atoms. The molecule has 0 saturated heterocycles. The molecule has 0 aliphatic carbocycles. The van der Waals surface area contributed by atoms with Crippen molar-refractivity contribution in [1.29, 1.82) is 0 Å². The largest absolute Gasteiger partial charge is 0.330 e. The van der Waals surface area contributed by atoms with Gasteiger partial charge in [-0.25, -0.2) is 9.78 Å². The number of thiazole rings is 1. The fourth-order valence-electron chi connectivity index (χ4n) is 3.55. The molecule has 0 unspecified atom stereocenters. The molecular formula is C23H22N4O3S. The molecule has 0 radical (unpaired) electrons. The van der Waals surface area contributed by atoms with Crippen LogP contribution in [-0.4, -0.2) is 20.0 Å². The second-order valence-electron chi connectivity index (χ2n) is 7.33. The third kappa shape index (κ3) is 3.94.